The fourth-order valence-electron chi connectivity index (χ4n) is 1.77. The lowest BCUT2D eigenvalue weighted by atomic mass is 10.1. The van der Waals surface area contributed by atoms with Gasteiger partial charge in [0.25, 0.3) is 0 Å². The lowest BCUT2D eigenvalue weighted by Crippen LogP contribution is -2.16. The first-order valence-corrected chi connectivity index (χ1v) is 6.12. The van der Waals surface area contributed by atoms with E-state index in [1.807, 2.05) is 13.0 Å². The van der Waals surface area contributed by atoms with Gasteiger partial charge in [-0.05, 0) is 46.3 Å². The van der Waals surface area contributed by atoms with Crippen molar-refractivity contribution in [3.63, 3.8) is 0 Å². The quantitative estimate of drug-likeness (QED) is 0.847. The summed E-state index contributed by atoms with van der Waals surface area (Å²) >= 11 is 3.33. The second kappa shape index (κ2) is 3.84. The van der Waals surface area contributed by atoms with E-state index in [0.29, 0.717) is 0 Å². The van der Waals surface area contributed by atoms with Crippen LogP contribution in [-0.2, 0) is 4.79 Å². The van der Waals surface area contributed by atoms with Gasteiger partial charge in [-0.3, -0.25) is 4.79 Å². The number of halogens is 1. The topological polar surface area (TPSA) is 42.0 Å². The molecule has 1 aromatic heterocycles. The van der Waals surface area contributed by atoms with Crippen molar-refractivity contribution in [1.29, 1.82) is 0 Å². The maximum atomic E-state index is 11.8. The molecule has 1 amide bonds. The Hall–Kier alpha value is -0.900. The van der Waals surface area contributed by atoms with Crippen LogP contribution in [0.4, 0.5) is 5.69 Å². The molecule has 4 heteroatoms. The molecule has 1 fully saturated rings. The molecule has 0 aliphatic heterocycles. The van der Waals surface area contributed by atoms with E-state index >= 15 is 0 Å². The second-order valence-corrected chi connectivity index (χ2v) is 5.82. The zero-order valence-corrected chi connectivity index (χ0v) is 11.3. The maximum Gasteiger partial charge on any atom is 0.228 e. The molecule has 16 heavy (non-hydrogen) atoms. The summed E-state index contributed by atoms with van der Waals surface area (Å²) in [5.41, 5.74) is 1.96. The van der Waals surface area contributed by atoms with Gasteiger partial charge in [0.05, 0.1) is 11.9 Å². The van der Waals surface area contributed by atoms with Crippen molar-refractivity contribution in [3.05, 3.63) is 22.4 Å². The van der Waals surface area contributed by atoms with Crippen LogP contribution in [0.25, 0.3) is 0 Å². The molecule has 1 aliphatic carbocycles. The molecule has 1 N–H and O–H groups in total. The number of anilines is 1. The zero-order chi connectivity index (χ0) is 11.9. The Morgan fingerprint density at radius 3 is 2.75 bits per heavy atom. The number of aryl methyl sites for hydroxylation is 1. The lowest BCUT2D eigenvalue weighted by molar-refractivity contribution is -0.118. The third kappa shape index (κ3) is 2.26. The highest BCUT2D eigenvalue weighted by atomic mass is 79.9. The van der Waals surface area contributed by atoms with Gasteiger partial charge in [-0.2, -0.15) is 0 Å². The maximum absolute atomic E-state index is 11.8. The van der Waals surface area contributed by atoms with Crippen molar-refractivity contribution in [2.24, 2.45) is 11.3 Å². The third-order valence-electron chi connectivity index (χ3n) is 3.11. The number of hydrogen-bond donors (Lipinski definition) is 1. The number of carbonyl (C=O) groups is 1. The van der Waals surface area contributed by atoms with E-state index in [1.54, 1.807) is 6.20 Å². The fourth-order valence-corrected chi connectivity index (χ4v) is 1.99. The molecule has 0 saturated heterocycles. The van der Waals surface area contributed by atoms with Crippen LogP contribution in [0.3, 0.4) is 0 Å². The average Bonchev–Trinajstić information content (AvgIpc) is 2.82. The average molecular weight is 283 g/mol. The third-order valence-corrected chi connectivity index (χ3v) is 3.94. The Kier molecular flexibility index (Phi) is 2.78. The Bertz CT molecular complexity index is 443. The number of aromatic nitrogens is 1. The van der Waals surface area contributed by atoms with Gasteiger partial charge in [0.2, 0.25) is 5.91 Å². The fraction of sp³-hybridized carbons (Fsp3) is 0.500. The minimum atomic E-state index is 0.105. The number of rotatable bonds is 2. The smallest absolute Gasteiger partial charge is 0.228 e. The molecule has 0 bridgehead atoms. The van der Waals surface area contributed by atoms with Crippen molar-refractivity contribution in [3.8, 4) is 0 Å². The first-order chi connectivity index (χ1) is 7.40. The molecule has 1 saturated carbocycles. The molecule has 1 heterocycles. The summed E-state index contributed by atoms with van der Waals surface area (Å²) in [4.78, 5) is 16.0. The van der Waals surface area contributed by atoms with Crippen LogP contribution in [0.1, 0.15) is 25.8 Å². The number of carbonyl (C=O) groups excluding carboxylic acids is 1. The summed E-state index contributed by atoms with van der Waals surface area (Å²) in [6.45, 7) is 6.18. The second-order valence-electron chi connectivity index (χ2n) is 5.07. The largest absolute Gasteiger partial charge is 0.324 e. The Morgan fingerprint density at radius 1 is 1.62 bits per heavy atom. The van der Waals surface area contributed by atoms with Gasteiger partial charge in [0.1, 0.15) is 4.60 Å². The number of nitrogens with one attached hydrogen (secondary N) is 1. The van der Waals surface area contributed by atoms with Crippen LogP contribution in [-0.4, -0.2) is 10.9 Å². The molecular weight excluding hydrogens is 268 g/mol. The van der Waals surface area contributed by atoms with E-state index in [4.69, 9.17) is 0 Å². The van der Waals surface area contributed by atoms with E-state index in [2.05, 4.69) is 40.1 Å². The van der Waals surface area contributed by atoms with Crippen LogP contribution in [0.5, 0.6) is 0 Å². The van der Waals surface area contributed by atoms with Gasteiger partial charge in [-0.15, -0.1) is 0 Å². The number of nitrogens with zero attached hydrogens (tertiary/aromatic N) is 1. The van der Waals surface area contributed by atoms with E-state index in [-0.39, 0.29) is 17.2 Å². The molecule has 0 aromatic carbocycles. The van der Waals surface area contributed by atoms with Crippen molar-refractivity contribution in [2.75, 3.05) is 5.32 Å². The van der Waals surface area contributed by atoms with Crippen LogP contribution < -0.4 is 5.32 Å². The molecule has 86 valence electrons. The van der Waals surface area contributed by atoms with Crippen LogP contribution in [0, 0.1) is 18.3 Å². The van der Waals surface area contributed by atoms with E-state index in [0.717, 1.165) is 22.3 Å². The summed E-state index contributed by atoms with van der Waals surface area (Å²) in [6.07, 6.45) is 2.64. The van der Waals surface area contributed by atoms with Gasteiger partial charge < -0.3 is 5.32 Å². The summed E-state index contributed by atoms with van der Waals surface area (Å²) in [5, 5.41) is 2.91. The molecule has 1 aliphatic rings. The highest BCUT2D eigenvalue weighted by molar-refractivity contribution is 9.10. The minimum Gasteiger partial charge on any atom is -0.324 e. The summed E-state index contributed by atoms with van der Waals surface area (Å²) in [5.74, 6) is 0.255. The van der Waals surface area contributed by atoms with Crippen LogP contribution >= 0.6 is 15.9 Å². The molecule has 2 rings (SSSR count). The van der Waals surface area contributed by atoms with E-state index in [9.17, 15) is 4.79 Å². The summed E-state index contributed by atoms with van der Waals surface area (Å²) in [6, 6.07) is 1.92. The highest BCUT2D eigenvalue weighted by Gasteiger charge is 2.50. The SMILES string of the molecule is Cc1cc(NC(=O)C2CC2(C)C)cnc1Br. The molecule has 1 unspecified atom stereocenters. The zero-order valence-electron chi connectivity index (χ0n) is 9.67. The van der Waals surface area contributed by atoms with Gasteiger partial charge in [-0.25, -0.2) is 4.98 Å². The van der Waals surface area contributed by atoms with Gasteiger partial charge in [0, 0.05) is 5.92 Å². The lowest BCUT2D eigenvalue weighted by Gasteiger charge is -2.07. The van der Waals surface area contributed by atoms with Crippen LogP contribution in [0.2, 0.25) is 0 Å². The van der Waals surface area contributed by atoms with Crippen LogP contribution in [0.15, 0.2) is 16.9 Å². The number of amides is 1. The minimum absolute atomic E-state index is 0.105. The molecule has 0 radical (unpaired) electrons. The van der Waals surface area contributed by atoms with Gasteiger partial charge in [-0.1, -0.05) is 13.8 Å². The molecule has 0 spiro atoms. The molecule has 3 nitrogen and oxygen atoms in total. The Morgan fingerprint density at radius 2 is 2.25 bits per heavy atom. The monoisotopic (exact) mass is 282 g/mol. The molecule has 1 aromatic rings. The number of hydrogen-bond acceptors (Lipinski definition) is 2. The van der Waals surface area contributed by atoms with E-state index in [1.165, 1.54) is 0 Å². The predicted molar refractivity (Wildman–Crippen MR) is 67.2 cm³/mol. The van der Waals surface area contributed by atoms with Gasteiger partial charge in [0.15, 0.2) is 0 Å². The Labute approximate surface area is 104 Å². The normalized spacial score (nSPS) is 21.6. The van der Waals surface area contributed by atoms with Crippen molar-refractivity contribution < 1.29 is 4.79 Å². The Balaban J connectivity index is 2.05. The number of pyridine rings is 1. The van der Waals surface area contributed by atoms with Crippen molar-refractivity contribution in [2.45, 2.75) is 27.2 Å². The van der Waals surface area contributed by atoms with Crippen molar-refractivity contribution in [1.82, 2.24) is 4.98 Å². The predicted octanol–water partition coefficient (Wildman–Crippen LogP) is 3.14. The summed E-state index contributed by atoms with van der Waals surface area (Å²) in [7, 11) is 0. The molecular formula is C12H15BrN2O. The first-order valence-electron chi connectivity index (χ1n) is 5.33. The first kappa shape index (κ1) is 11.6. The summed E-state index contributed by atoms with van der Waals surface area (Å²) < 4.78 is 0.817. The standard InChI is InChI=1S/C12H15BrN2O/c1-7-4-8(6-14-10(7)13)15-11(16)9-5-12(9,2)3/h4,6,9H,5H2,1-3H3,(H,15,16). The molecule has 1 atom stereocenters. The van der Waals surface area contributed by atoms with Gasteiger partial charge >= 0.3 is 0 Å². The van der Waals surface area contributed by atoms with Crippen molar-refractivity contribution >= 4 is 27.5 Å². The van der Waals surface area contributed by atoms with E-state index < -0.39 is 0 Å². The highest BCUT2D eigenvalue weighted by Crippen LogP contribution is 2.51.